The van der Waals surface area contributed by atoms with Crippen LogP contribution in [0.25, 0.3) is 17.4 Å². The summed E-state index contributed by atoms with van der Waals surface area (Å²) in [6, 6.07) is 12.6. The molecule has 0 saturated carbocycles. The van der Waals surface area contributed by atoms with Crippen LogP contribution in [-0.4, -0.2) is 37.0 Å². The predicted molar refractivity (Wildman–Crippen MR) is 104 cm³/mol. The molecule has 3 rings (SSSR count). The molecule has 0 atom stereocenters. The van der Waals surface area contributed by atoms with Gasteiger partial charge in [0.1, 0.15) is 23.2 Å². The number of halogens is 1. The van der Waals surface area contributed by atoms with Gasteiger partial charge in [0.15, 0.2) is 0 Å². The summed E-state index contributed by atoms with van der Waals surface area (Å²) in [5.74, 6) is -0.0456. The molecule has 2 aromatic rings. The number of benzene rings is 1. The molecule has 2 heterocycles. The fraction of sp³-hybridized carbons (Fsp3) is 0.190. The van der Waals surface area contributed by atoms with Crippen LogP contribution >= 0.6 is 11.6 Å². The summed E-state index contributed by atoms with van der Waals surface area (Å²) in [6.07, 6.45) is 1.54. The molecule has 0 spiro atoms. The summed E-state index contributed by atoms with van der Waals surface area (Å²) in [7, 11) is 1.48. The molecule has 142 valence electrons. The first-order valence-electron chi connectivity index (χ1n) is 8.50. The molecule has 7 heteroatoms. The number of carbonyl (C=O) groups is 2. The van der Waals surface area contributed by atoms with E-state index >= 15 is 0 Å². The van der Waals surface area contributed by atoms with Crippen LogP contribution in [0, 0.1) is 11.3 Å². The Morgan fingerprint density at radius 3 is 2.54 bits per heavy atom. The van der Waals surface area contributed by atoms with Gasteiger partial charge in [0.05, 0.1) is 13.2 Å². The van der Waals surface area contributed by atoms with Crippen molar-refractivity contribution < 1.29 is 18.7 Å². The fourth-order valence-electron chi connectivity index (χ4n) is 2.86. The first kappa shape index (κ1) is 19.6. The van der Waals surface area contributed by atoms with Gasteiger partial charge in [-0.1, -0.05) is 11.6 Å². The van der Waals surface area contributed by atoms with Gasteiger partial charge in [-0.25, -0.2) is 0 Å². The largest absolute Gasteiger partial charge is 0.457 e. The molecular formula is C21H17ClN2O4. The standard InChI is InChI=1S/C21H17ClN2O4/c1-13-17(20(25)24(9-10-27-2)21(26)18(13)12-23)11-16-7-8-19(28-16)14-3-5-15(22)6-4-14/h3-8,11H,9-10H2,1-2H3/b17-11+. The van der Waals surface area contributed by atoms with Gasteiger partial charge in [-0.05, 0) is 55.0 Å². The molecule has 1 aliphatic rings. The van der Waals surface area contributed by atoms with E-state index in [4.69, 9.17) is 20.8 Å². The highest BCUT2D eigenvalue weighted by atomic mass is 35.5. The molecule has 0 bridgehead atoms. The number of hydrogen-bond donors (Lipinski definition) is 0. The average Bonchev–Trinajstić information content (AvgIpc) is 3.15. The second-order valence-corrected chi connectivity index (χ2v) is 6.57. The Hall–Kier alpha value is -3.14. The smallest absolute Gasteiger partial charge is 0.271 e. The Morgan fingerprint density at radius 2 is 1.89 bits per heavy atom. The summed E-state index contributed by atoms with van der Waals surface area (Å²) in [5.41, 5.74) is 1.34. The Kier molecular flexibility index (Phi) is 5.78. The second kappa shape index (κ2) is 8.26. The molecule has 1 aromatic heterocycles. The number of rotatable bonds is 5. The highest BCUT2D eigenvalue weighted by Gasteiger charge is 2.35. The first-order chi connectivity index (χ1) is 13.5. The van der Waals surface area contributed by atoms with Crippen molar-refractivity contribution in [2.24, 2.45) is 0 Å². The minimum atomic E-state index is -0.611. The number of hydrogen-bond acceptors (Lipinski definition) is 5. The molecule has 0 N–H and O–H groups in total. The van der Waals surface area contributed by atoms with Gasteiger partial charge in [0.25, 0.3) is 11.8 Å². The lowest BCUT2D eigenvalue weighted by Gasteiger charge is -2.26. The number of amides is 2. The molecular weight excluding hydrogens is 380 g/mol. The van der Waals surface area contributed by atoms with Crippen molar-refractivity contribution >= 4 is 29.5 Å². The van der Waals surface area contributed by atoms with E-state index in [0.717, 1.165) is 10.5 Å². The number of nitrogens with zero attached hydrogens (tertiary/aromatic N) is 2. The zero-order valence-electron chi connectivity index (χ0n) is 15.4. The number of imide groups is 1. The van der Waals surface area contributed by atoms with Crippen molar-refractivity contribution in [2.75, 3.05) is 20.3 Å². The van der Waals surface area contributed by atoms with Gasteiger partial charge in [0, 0.05) is 23.3 Å². The van der Waals surface area contributed by atoms with E-state index in [0.29, 0.717) is 22.1 Å². The van der Waals surface area contributed by atoms with Crippen LogP contribution in [0.15, 0.2) is 57.5 Å². The first-order valence-corrected chi connectivity index (χ1v) is 8.88. The van der Waals surface area contributed by atoms with Gasteiger partial charge in [-0.2, -0.15) is 5.26 Å². The van der Waals surface area contributed by atoms with Crippen molar-refractivity contribution in [1.82, 2.24) is 4.90 Å². The van der Waals surface area contributed by atoms with Crippen molar-refractivity contribution in [2.45, 2.75) is 6.92 Å². The third kappa shape index (κ3) is 3.77. The van der Waals surface area contributed by atoms with Gasteiger partial charge < -0.3 is 9.15 Å². The van der Waals surface area contributed by atoms with Crippen LogP contribution in [0.4, 0.5) is 0 Å². The zero-order valence-corrected chi connectivity index (χ0v) is 16.1. The van der Waals surface area contributed by atoms with Gasteiger partial charge in [0.2, 0.25) is 0 Å². The zero-order chi connectivity index (χ0) is 20.3. The van der Waals surface area contributed by atoms with Crippen LogP contribution in [0.3, 0.4) is 0 Å². The number of furan rings is 1. The maximum Gasteiger partial charge on any atom is 0.271 e. The molecule has 6 nitrogen and oxygen atoms in total. The normalized spacial score (nSPS) is 16.1. The monoisotopic (exact) mass is 396 g/mol. The quantitative estimate of drug-likeness (QED) is 0.566. The Bertz CT molecular complexity index is 1030. The summed E-state index contributed by atoms with van der Waals surface area (Å²) >= 11 is 5.90. The van der Waals surface area contributed by atoms with E-state index in [2.05, 4.69) is 0 Å². The van der Waals surface area contributed by atoms with Gasteiger partial charge in [-0.3, -0.25) is 14.5 Å². The summed E-state index contributed by atoms with van der Waals surface area (Å²) in [4.78, 5) is 26.2. The van der Waals surface area contributed by atoms with Crippen LogP contribution in [-0.2, 0) is 14.3 Å². The van der Waals surface area contributed by atoms with Gasteiger partial charge in [-0.15, -0.1) is 0 Å². The van der Waals surface area contributed by atoms with E-state index in [-0.39, 0.29) is 24.3 Å². The summed E-state index contributed by atoms with van der Waals surface area (Å²) < 4.78 is 10.8. The molecule has 0 saturated heterocycles. The van der Waals surface area contributed by atoms with Crippen molar-refractivity contribution in [1.29, 1.82) is 5.26 Å². The van der Waals surface area contributed by atoms with Crippen LogP contribution in [0.1, 0.15) is 12.7 Å². The topological polar surface area (TPSA) is 83.5 Å². The lowest BCUT2D eigenvalue weighted by atomic mass is 9.95. The van der Waals surface area contributed by atoms with Crippen LogP contribution in [0.2, 0.25) is 5.02 Å². The van der Waals surface area contributed by atoms with Crippen molar-refractivity contribution in [3.05, 3.63) is 63.9 Å². The number of nitriles is 1. The van der Waals surface area contributed by atoms with E-state index < -0.39 is 11.8 Å². The Balaban J connectivity index is 1.99. The van der Waals surface area contributed by atoms with Crippen molar-refractivity contribution in [3.63, 3.8) is 0 Å². The Morgan fingerprint density at radius 1 is 1.18 bits per heavy atom. The average molecular weight is 397 g/mol. The number of ether oxygens (including phenoxy) is 1. The minimum absolute atomic E-state index is 0.0635. The molecule has 0 radical (unpaired) electrons. The highest BCUT2D eigenvalue weighted by Crippen LogP contribution is 2.29. The predicted octanol–water partition coefficient (Wildman–Crippen LogP) is 3.84. The van der Waals surface area contributed by atoms with Crippen LogP contribution in [0.5, 0.6) is 0 Å². The van der Waals surface area contributed by atoms with E-state index in [1.54, 1.807) is 37.3 Å². The molecule has 0 aliphatic carbocycles. The maximum atomic E-state index is 12.8. The lowest BCUT2D eigenvalue weighted by molar-refractivity contribution is -0.141. The highest BCUT2D eigenvalue weighted by molar-refractivity contribution is 6.30. The third-order valence-corrected chi connectivity index (χ3v) is 4.64. The van der Waals surface area contributed by atoms with Crippen LogP contribution < -0.4 is 0 Å². The molecule has 1 aromatic carbocycles. The third-order valence-electron chi connectivity index (χ3n) is 4.39. The SMILES string of the molecule is COCCN1C(=O)C(C#N)=C(C)/C(=C\c2ccc(-c3ccc(Cl)cc3)o2)C1=O. The van der Waals surface area contributed by atoms with Gasteiger partial charge >= 0.3 is 0 Å². The Labute approximate surface area is 167 Å². The molecule has 1 aliphatic heterocycles. The summed E-state index contributed by atoms with van der Waals surface area (Å²) in [6.45, 7) is 1.83. The maximum absolute atomic E-state index is 12.8. The number of carbonyl (C=O) groups excluding carboxylic acids is 2. The van der Waals surface area contributed by atoms with Crippen molar-refractivity contribution in [3.8, 4) is 17.4 Å². The minimum Gasteiger partial charge on any atom is -0.457 e. The lowest BCUT2D eigenvalue weighted by Crippen LogP contribution is -2.44. The number of methoxy groups -OCH3 is 1. The molecule has 28 heavy (non-hydrogen) atoms. The molecule has 0 unspecified atom stereocenters. The van der Waals surface area contributed by atoms with E-state index in [9.17, 15) is 14.9 Å². The summed E-state index contributed by atoms with van der Waals surface area (Å²) in [5, 5.41) is 9.98. The fourth-order valence-corrected chi connectivity index (χ4v) is 2.98. The molecule has 2 amide bonds. The second-order valence-electron chi connectivity index (χ2n) is 6.13. The van der Waals surface area contributed by atoms with E-state index in [1.807, 2.05) is 18.2 Å². The van der Waals surface area contributed by atoms with E-state index in [1.165, 1.54) is 7.11 Å². The molecule has 0 fully saturated rings.